The molecule has 4 rings (SSSR count). The van der Waals surface area contributed by atoms with E-state index < -0.39 is 0 Å². The number of aromatic nitrogens is 6. The van der Waals surface area contributed by atoms with Crippen molar-refractivity contribution in [1.82, 2.24) is 29.9 Å². The van der Waals surface area contributed by atoms with Gasteiger partial charge >= 0.3 is 0 Å². The summed E-state index contributed by atoms with van der Waals surface area (Å²) in [5.74, 6) is 2.78. The molecule has 0 aromatic carbocycles. The quantitative estimate of drug-likeness (QED) is 0.598. The standard InChI is InChI=1S/C19H20N6O/c1-12-6-4-8-17(20-12)25-18(10-9-15-13(2)14(3)22-23-15)21-19(24-25)16-7-5-11-26-16/h4-8,11H,9-10H2,1-3H3,(H,22,23). The van der Waals surface area contributed by atoms with Gasteiger partial charge in [-0.25, -0.2) is 9.97 Å². The third-order valence-electron chi connectivity index (χ3n) is 4.45. The zero-order valence-electron chi connectivity index (χ0n) is 15.0. The van der Waals surface area contributed by atoms with Crippen LogP contribution >= 0.6 is 0 Å². The van der Waals surface area contributed by atoms with Crippen molar-refractivity contribution < 1.29 is 4.42 Å². The maximum Gasteiger partial charge on any atom is 0.217 e. The van der Waals surface area contributed by atoms with Crippen molar-refractivity contribution in [1.29, 1.82) is 0 Å². The summed E-state index contributed by atoms with van der Waals surface area (Å²) < 4.78 is 7.25. The summed E-state index contributed by atoms with van der Waals surface area (Å²) in [4.78, 5) is 9.27. The zero-order chi connectivity index (χ0) is 18.1. The number of nitrogens with zero attached hydrogens (tertiary/aromatic N) is 5. The molecule has 7 nitrogen and oxygen atoms in total. The largest absolute Gasteiger partial charge is 0.461 e. The fourth-order valence-electron chi connectivity index (χ4n) is 2.86. The highest BCUT2D eigenvalue weighted by Gasteiger charge is 2.17. The molecule has 4 aromatic heterocycles. The SMILES string of the molecule is Cc1cccc(-n2nc(-c3ccco3)nc2CCc2n[nH]c(C)c2C)n1. The van der Waals surface area contributed by atoms with Crippen molar-refractivity contribution in [3.63, 3.8) is 0 Å². The summed E-state index contributed by atoms with van der Waals surface area (Å²) in [6.07, 6.45) is 3.10. The molecule has 0 saturated carbocycles. The lowest BCUT2D eigenvalue weighted by Crippen LogP contribution is -2.07. The summed E-state index contributed by atoms with van der Waals surface area (Å²) in [7, 11) is 0. The minimum atomic E-state index is 0.559. The second-order valence-electron chi connectivity index (χ2n) is 6.30. The van der Waals surface area contributed by atoms with Crippen molar-refractivity contribution in [2.24, 2.45) is 0 Å². The molecule has 4 aromatic rings. The van der Waals surface area contributed by atoms with Crippen molar-refractivity contribution in [3.8, 4) is 17.4 Å². The van der Waals surface area contributed by atoms with Crippen LogP contribution in [-0.2, 0) is 12.8 Å². The number of rotatable bonds is 5. The van der Waals surface area contributed by atoms with Crippen LogP contribution in [0.5, 0.6) is 0 Å². The maximum absolute atomic E-state index is 5.46. The Morgan fingerprint density at radius 1 is 1.04 bits per heavy atom. The van der Waals surface area contributed by atoms with Gasteiger partial charge in [-0.2, -0.15) is 9.78 Å². The predicted molar refractivity (Wildman–Crippen MR) is 97.1 cm³/mol. The third kappa shape index (κ3) is 3.03. The summed E-state index contributed by atoms with van der Waals surface area (Å²) in [5.41, 5.74) is 4.27. The molecule has 0 bridgehead atoms. The molecule has 0 saturated heterocycles. The molecule has 0 aliphatic carbocycles. The first kappa shape index (κ1) is 16.3. The summed E-state index contributed by atoms with van der Waals surface area (Å²) >= 11 is 0. The first-order valence-corrected chi connectivity index (χ1v) is 8.56. The molecule has 4 heterocycles. The molecular formula is C19H20N6O. The van der Waals surface area contributed by atoms with Gasteiger partial charge in [-0.15, -0.1) is 5.10 Å². The summed E-state index contributed by atoms with van der Waals surface area (Å²) in [6.45, 7) is 6.07. The van der Waals surface area contributed by atoms with Gasteiger partial charge in [0, 0.05) is 17.8 Å². The zero-order valence-corrected chi connectivity index (χ0v) is 15.0. The molecule has 1 N–H and O–H groups in total. The number of furan rings is 1. The Kier molecular flexibility index (Phi) is 4.12. The topological polar surface area (TPSA) is 85.4 Å². The van der Waals surface area contributed by atoms with E-state index >= 15 is 0 Å². The van der Waals surface area contributed by atoms with Gasteiger partial charge in [-0.1, -0.05) is 6.07 Å². The Bertz CT molecular complexity index is 1030. The maximum atomic E-state index is 5.46. The average Bonchev–Trinajstić information content (AvgIpc) is 3.35. The molecule has 0 amide bonds. The Morgan fingerprint density at radius 2 is 1.92 bits per heavy atom. The van der Waals surface area contributed by atoms with Crippen LogP contribution in [0.1, 0.15) is 28.5 Å². The van der Waals surface area contributed by atoms with E-state index in [0.717, 1.165) is 35.1 Å². The molecule has 26 heavy (non-hydrogen) atoms. The molecule has 0 unspecified atom stereocenters. The molecule has 0 aliphatic rings. The number of aromatic amines is 1. The molecular weight excluding hydrogens is 328 g/mol. The minimum absolute atomic E-state index is 0.559. The van der Waals surface area contributed by atoms with Crippen molar-refractivity contribution in [3.05, 3.63) is 65.1 Å². The molecule has 0 spiro atoms. The van der Waals surface area contributed by atoms with Crippen LogP contribution in [0.15, 0.2) is 41.0 Å². The van der Waals surface area contributed by atoms with E-state index in [1.54, 1.807) is 10.9 Å². The second-order valence-corrected chi connectivity index (χ2v) is 6.30. The van der Waals surface area contributed by atoms with Crippen LogP contribution in [0.25, 0.3) is 17.4 Å². The third-order valence-corrected chi connectivity index (χ3v) is 4.45. The summed E-state index contributed by atoms with van der Waals surface area (Å²) in [6, 6.07) is 9.55. The Balaban J connectivity index is 1.70. The van der Waals surface area contributed by atoms with E-state index in [1.165, 1.54) is 5.56 Å². The van der Waals surface area contributed by atoms with E-state index in [4.69, 9.17) is 9.40 Å². The average molecular weight is 348 g/mol. The Labute approximate surface area is 151 Å². The smallest absolute Gasteiger partial charge is 0.217 e. The van der Waals surface area contributed by atoms with E-state index in [0.29, 0.717) is 18.0 Å². The fourth-order valence-corrected chi connectivity index (χ4v) is 2.86. The van der Waals surface area contributed by atoms with Gasteiger partial charge in [0.2, 0.25) is 5.82 Å². The van der Waals surface area contributed by atoms with Crippen LogP contribution in [0, 0.1) is 20.8 Å². The van der Waals surface area contributed by atoms with Crippen LogP contribution in [0.3, 0.4) is 0 Å². The van der Waals surface area contributed by atoms with E-state index in [9.17, 15) is 0 Å². The minimum Gasteiger partial charge on any atom is -0.461 e. The number of hydrogen-bond acceptors (Lipinski definition) is 5. The monoisotopic (exact) mass is 348 g/mol. The van der Waals surface area contributed by atoms with Gasteiger partial charge < -0.3 is 4.42 Å². The highest BCUT2D eigenvalue weighted by atomic mass is 16.3. The van der Waals surface area contributed by atoms with Crippen LogP contribution in [-0.4, -0.2) is 29.9 Å². The number of aryl methyl sites for hydroxylation is 4. The van der Waals surface area contributed by atoms with Crippen molar-refractivity contribution in [2.75, 3.05) is 0 Å². The molecule has 0 fully saturated rings. The lowest BCUT2D eigenvalue weighted by atomic mass is 10.1. The number of hydrogen-bond donors (Lipinski definition) is 1. The van der Waals surface area contributed by atoms with Crippen molar-refractivity contribution in [2.45, 2.75) is 33.6 Å². The molecule has 0 atom stereocenters. The number of pyridine rings is 1. The lowest BCUT2D eigenvalue weighted by Gasteiger charge is -2.05. The Morgan fingerprint density at radius 3 is 2.62 bits per heavy atom. The second kappa shape index (κ2) is 6.59. The summed E-state index contributed by atoms with van der Waals surface area (Å²) in [5, 5.41) is 12.0. The van der Waals surface area contributed by atoms with Gasteiger partial charge in [0.1, 0.15) is 5.82 Å². The van der Waals surface area contributed by atoms with Gasteiger partial charge in [-0.05, 0) is 57.0 Å². The van der Waals surface area contributed by atoms with Gasteiger partial charge in [0.25, 0.3) is 0 Å². The molecule has 0 aliphatic heterocycles. The first-order chi connectivity index (χ1) is 12.6. The highest BCUT2D eigenvalue weighted by Crippen LogP contribution is 2.20. The number of nitrogens with one attached hydrogen (secondary N) is 1. The van der Waals surface area contributed by atoms with Crippen LogP contribution in [0.2, 0.25) is 0 Å². The highest BCUT2D eigenvalue weighted by molar-refractivity contribution is 5.46. The van der Waals surface area contributed by atoms with Crippen molar-refractivity contribution >= 4 is 0 Å². The van der Waals surface area contributed by atoms with Gasteiger partial charge in [-0.3, -0.25) is 5.10 Å². The number of H-pyrrole nitrogens is 1. The Hall–Kier alpha value is -3.22. The molecule has 0 radical (unpaired) electrons. The molecule has 7 heteroatoms. The fraction of sp³-hybridized carbons (Fsp3) is 0.263. The van der Waals surface area contributed by atoms with Gasteiger partial charge in [0.05, 0.1) is 12.0 Å². The van der Waals surface area contributed by atoms with Crippen LogP contribution in [0.4, 0.5) is 0 Å². The normalized spacial score (nSPS) is 11.2. The molecule has 132 valence electrons. The van der Waals surface area contributed by atoms with E-state index in [1.807, 2.05) is 44.2 Å². The van der Waals surface area contributed by atoms with E-state index in [-0.39, 0.29) is 0 Å². The lowest BCUT2D eigenvalue weighted by molar-refractivity contribution is 0.577. The van der Waals surface area contributed by atoms with E-state index in [2.05, 4.69) is 27.2 Å². The van der Waals surface area contributed by atoms with Crippen LogP contribution < -0.4 is 0 Å². The predicted octanol–water partition coefficient (Wildman–Crippen LogP) is 3.36. The van der Waals surface area contributed by atoms with Gasteiger partial charge in [0.15, 0.2) is 11.6 Å². The first-order valence-electron chi connectivity index (χ1n) is 8.56.